The SMILES string of the molecule is OCC1(Nc2nnnn2-c2ccccc2)CCC1. The van der Waals surface area contributed by atoms with Gasteiger partial charge in [-0.25, -0.2) is 0 Å². The molecule has 1 aromatic heterocycles. The zero-order chi connectivity index (χ0) is 12.4. The van der Waals surface area contributed by atoms with Crippen LogP contribution in [-0.2, 0) is 0 Å². The van der Waals surface area contributed by atoms with Crippen molar-refractivity contribution in [1.82, 2.24) is 20.2 Å². The minimum atomic E-state index is -0.249. The third-order valence-electron chi connectivity index (χ3n) is 3.46. The van der Waals surface area contributed by atoms with Gasteiger partial charge in [0.25, 0.3) is 0 Å². The van der Waals surface area contributed by atoms with Crippen molar-refractivity contribution in [2.45, 2.75) is 24.8 Å². The molecule has 1 aliphatic carbocycles. The molecule has 1 heterocycles. The second kappa shape index (κ2) is 4.38. The lowest BCUT2D eigenvalue weighted by molar-refractivity contribution is 0.143. The van der Waals surface area contributed by atoms with Crippen molar-refractivity contribution < 1.29 is 5.11 Å². The molecule has 0 atom stereocenters. The largest absolute Gasteiger partial charge is 0.394 e. The fourth-order valence-electron chi connectivity index (χ4n) is 2.17. The van der Waals surface area contributed by atoms with Gasteiger partial charge in [-0.2, -0.15) is 4.68 Å². The molecule has 1 fully saturated rings. The second-order valence-corrected chi connectivity index (χ2v) is 4.67. The molecule has 0 bridgehead atoms. The summed E-state index contributed by atoms with van der Waals surface area (Å²) < 4.78 is 1.65. The minimum Gasteiger partial charge on any atom is -0.394 e. The number of hydrogen-bond donors (Lipinski definition) is 2. The van der Waals surface area contributed by atoms with E-state index < -0.39 is 0 Å². The van der Waals surface area contributed by atoms with Crippen molar-refractivity contribution >= 4 is 5.95 Å². The quantitative estimate of drug-likeness (QED) is 0.840. The molecular weight excluding hydrogens is 230 g/mol. The Kier molecular flexibility index (Phi) is 2.71. The predicted molar refractivity (Wildman–Crippen MR) is 66.4 cm³/mol. The minimum absolute atomic E-state index is 0.106. The van der Waals surface area contributed by atoms with Crippen molar-refractivity contribution in [3.05, 3.63) is 30.3 Å². The summed E-state index contributed by atoms with van der Waals surface area (Å²) >= 11 is 0. The Labute approximate surface area is 105 Å². The van der Waals surface area contributed by atoms with Gasteiger partial charge in [0.05, 0.1) is 17.8 Å². The molecule has 0 unspecified atom stereocenters. The molecule has 1 aromatic carbocycles. The van der Waals surface area contributed by atoms with E-state index in [1.165, 1.54) is 0 Å². The zero-order valence-electron chi connectivity index (χ0n) is 9.95. The summed E-state index contributed by atoms with van der Waals surface area (Å²) in [4.78, 5) is 0. The molecule has 3 rings (SSSR count). The molecular formula is C12H15N5O. The highest BCUT2D eigenvalue weighted by atomic mass is 16.3. The van der Waals surface area contributed by atoms with Crippen LogP contribution in [0.4, 0.5) is 5.95 Å². The maximum atomic E-state index is 9.46. The van der Waals surface area contributed by atoms with E-state index in [9.17, 15) is 5.11 Å². The van der Waals surface area contributed by atoms with Crippen LogP contribution in [0.15, 0.2) is 30.3 Å². The summed E-state index contributed by atoms with van der Waals surface area (Å²) in [6.07, 6.45) is 3.02. The lowest BCUT2D eigenvalue weighted by atomic mass is 9.77. The maximum Gasteiger partial charge on any atom is 0.248 e. The van der Waals surface area contributed by atoms with Crippen molar-refractivity contribution in [2.75, 3.05) is 11.9 Å². The number of aromatic nitrogens is 4. The average molecular weight is 245 g/mol. The Bertz CT molecular complexity index is 515. The van der Waals surface area contributed by atoms with Crippen LogP contribution in [-0.4, -0.2) is 37.5 Å². The van der Waals surface area contributed by atoms with Gasteiger partial charge in [0, 0.05) is 0 Å². The number of rotatable bonds is 4. The van der Waals surface area contributed by atoms with Crippen LogP contribution in [0.2, 0.25) is 0 Å². The second-order valence-electron chi connectivity index (χ2n) is 4.67. The summed E-state index contributed by atoms with van der Waals surface area (Å²) in [5.41, 5.74) is 0.652. The first-order chi connectivity index (χ1) is 8.83. The van der Waals surface area contributed by atoms with Gasteiger partial charge in [0.1, 0.15) is 0 Å². The van der Waals surface area contributed by atoms with E-state index in [2.05, 4.69) is 20.8 Å². The van der Waals surface area contributed by atoms with Crippen LogP contribution in [0.1, 0.15) is 19.3 Å². The number of aliphatic hydroxyl groups excluding tert-OH is 1. The van der Waals surface area contributed by atoms with Gasteiger partial charge in [0.15, 0.2) is 0 Å². The number of benzene rings is 1. The Balaban J connectivity index is 1.88. The van der Waals surface area contributed by atoms with E-state index in [0.29, 0.717) is 5.95 Å². The Hall–Kier alpha value is -1.95. The maximum absolute atomic E-state index is 9.46. The van der Waals surface area contributed by atoms with Crippen molar-refractivity contribution in [2.24, 2.45) is 0 Å². The Morgan fingerprint density at radius 3 is 2.67 bits per heavy atom. The van der Waals surface area contributed by atoms with Crippen LogP contribution >= 0.6 is 0 Å². The van der Waals surface area contributed by atoms with E-state index >= 15 is 0 Å². The summed E-state index contributed by atoms with van der Waals surface area (Å²) in [7, 11) is 0. The van der Waals surface area contributed by atoms with Crippen LogP contribution in [0.5, 0.6) is 0 Å². The Morgan fingerprint density at radius 1 is 1.28 bits per heavy atom. The monoisotopic (exact) mass is 245 g/mol. The first-order valence-electron chi connectivity index (χ1n) is 6.06. The number of hydrogen-bond acceptors (Lipinski definition) is 5. The van der Waals surface area contributed by atoms with Crippen molar-refractivity contribution in [3.8, 4) is 5.69 Å². The lowest BCUT2D eigenvalue weighted by Gasteiger charge is -2.40. The first kappa shape index (κ1) is 11.2. The number of nitrogens with zero attached hydrogens (tertiary/aromatic N) is 4. The molecule has 0 aliphatic heterocycles. The van der Waals surface area contributed by atoms with Crippen LogP contribution in [0.25, 0.3) is 5.69 Å². The number of aliphatic hydroxyl groups is 1. The third kappa shape index (κ3) is 1.84. The Morgan fingerprint density at radius 2 is 2.06 bits per heavy atom. The average Bonchev–Trinajstić information content (AvgIpc) is 2.83. The molecule has 1 saturated carbocycles. The van der Waals surface area contributed by atoms with Gasteiger partial charge in [0.2, 0.25) is 5.95 Å². The van der Waals surface area contributed by atoms with Gasteiger partial charge in [-0.15, -0.1) is 0 Å². The van der Waals surface area contributed by atoms with Gasteiger partial charge in [-0.1, -0.05) is 23.3 Å². The molecule has 18 heavy (non-hydrogen) atoms. The molecule has 2 aromatic rings. The number of tetrazole rings is 1. The van der Waals surface area contributed by atoms with Crippen molar-refractivity contribution in [1.29, 1.82) is 0 Å². The summed E-state index contributed by atoms with van der Waals surface area (Å²) in [6, 6.07) is 9.70. The normalized spacial score (nSPS) is 17.2. The molecule has 0 spiro atoms. The van der Waals surface area contributed by atoms with Gasteiger partial charge in [-0.3, -0.25) is 0 Å². The summed E-state index contributed by atoms with van der Waals surface area (Å²) in [5, 5.41) is 24.4. The van der Waals surface area contributed by atoms with Crippen LogP contribution < -0.4 is 5.32 Å². The molecule has 0 radical (unpaired) electrons. The topological polar surface area (TPSA) is 75.9 Å². The highest BCUT2D eigenvalue weighted by Gasteiger charge is 2.37. The van der Waals surface area contributed by atoms with E-state index in [1.807, 2.05) is 30.3 Å². The molecule has 0 saturated heterocycles. The highest BCUT2D eigenvalue weighted by Crippen LogP contribution is 2.34. The van der Waals surface area contributed by atoms with E-state index in [1.54, 1.807) is 4.68 Å². The van der Waals surface area contributed by atoms with E-state index in [-0.39, 0.29) is 12.1 Å². The van der Waals surface area contributed by atoms with Gasteiger partial charge >= 0.3 is 0 Å². The number of nitrogens with one attached hydrogen (secondary N) is 1. The van der Waals surface area contributed by atoms with Gasteiger partial charge in [-0.05, 0) is 41.8 Å². The molecule has 1 aliphatic rings. The fourth-order valence-corrected chi connectivity index (χ4v) is 2.17. The summed E-state index contributed by atoms with van der Waals surface area (Å²) in [6.45, 7) is 0.106. The first-order valence-corrected chi connectivity index (χ1v) is 6.06. The predicted octanol–water partition coefficient (Wildman–Crippen LogP) is 0.989. The molecule has 2 N–H and O–H groups in total. The standard InChI is InChI=1S/C12H15N5O/c18-9-12(7-4-8-12)13-11-14-15-16-17(11)10-5-2-1-3-6-10/h1-3,5-6,18H,4,7-9H2,(H,13,14,16). The molecule has 94 valence electrons. The number of anilines is 1. The van der Waals surface area contributed by atoms with E-state index in [0.717, 1.165) is 24.9 Å². The van der Waals surface area contributed by atoms with Gasteiger partial charge < -0.3 is 10.4 Å². The highest BCUT2D eigenvalue weighted by molar-refractivity contribution is 5.40. The fraction of sp³-hybridized carbons (Fsp3) is 0.417. The van der Waals surface area contributed by atoms with Crippen LogP contribution in [0, 0.1) is 0 Å². The lowest BCUT2D eigenvalue weighted by Crippen LogP contribution is -2.49. The molecule has 0 amide bonds. The van der Waals surface area contributed by atoms with E-state index in [4.69, 9.17) is 0 Å². The molecule has 6 heteroatoms. The molecule has 6 nitrogen and oxygen atoms in total. The third-order valence-corrected chi connectivity index (χ3v) is 3.46. The summed E-state index contributed by atoms with van der Waals surface area (Å²) in [5.74, 6) is 0.579. The smallest absolute Gasteiger partial charge is 0.248 e. The van der Waals surface area contributed by atoms with Crippen molar-refractivity contribution in [3.63, 3.8) is 0 Å². The van der Waals surface area contributed by atoms with Crippen LogP contribution in [0.3, 0.4) is 0 Å². The number of para-hydroxylation sites is 1. The zero-order valence-corrected chi connectivity index (χ0v) is 9.95.